The fourth-order valence-corrected chi connectivity index (χ4v) is 4.29. The van der Waals surface area contributed by atoms with Crippen LogP contribution in [0.3, 0.4) is 0 Å². The average molecular weight is 509 g/mol. The van der Waals surface area contributed by atoms with Crippen LogP contribution >= 0.6 is 24.0 Å². The highest BCUT2D eigenvalue weighted by atomic mass is 32.2. The Morgan fingerprint density at radius 3 is 2.50 bits per heavy atom. The number of anilines is 1. The standard InChI is InChI=1S/C23H16F4N2O3S2/c1-13(34-22(33)29(12-30)16-5-2-4-14(11-16)23(25,26)27)10-15-8-9-19(28-15)17-6-3-7-18(20(17)24)21(31)32/h2-12,28H,1H3,(H,31,32)/b13-10-. The third-order valence-electron chi connectivity index (χ3n) is 4.59. The fraction of sp³-hybridized carbons (Fsp3) is 0.0870. The lowest BCUT2D eigenvalue weighted by atomic mass is 10.1. The van der Waals surface area contributed by atoms with Crippen LogP contribution in [0.25, 0.3) is 17.3 Å². The van der Waals surface area contributed by atoms with Crippen molar-refractivity contribution < 1.29 is 32.3 Å². The summed E-state index contributed by atoms with van der Waals surface area (Å²) >= 11 is 6.23. The number of nitrogens with zero attached hydrogens (tertiary/aromatic N) is 1. The van der Waals surface area contributed by atoms with Crippen LogP contribution < -0.4 is 4.90 Å². The molecule has 0 saturated carbocycles. The summed E-state index contributed by atoms with van der Waals surface area (Å²) in [6.07, 6.45) is -2.58. The Labute approximate surface area is 201 Å². The summed E-state index contributed by atoms with van der Waals surface area (Å²) in [4.78, 5) is 27.2. The van der Waals surface area contributed by atoms with Crippen molar-refractivity contribution in [3.8, 4) is 11.3 Å². The lowest BCUT2D eigenvalue weighted by Crippen LogP contribution is -2.25. The normalized spacial score (nSPS) is 11.9. The number of aromatic nitrogens is 1. The zero-order valence-corrected chi connectivity index (χ0v) is 19.0. The van der Waals surface area contributed by atoms with Crippen LogP contribution in [-0.2, 0) is 11.0 Å². The molecule has 0 aliphatic rings. The molecule has 176 valence electrons. The SMILES string of the molecule is C/C(=C/c1ccc(-c2cccc(C(=O)O)c2F)[nH]1)SC(=S)N(C=O)c1cccc(C(F)(F)F)c1. The van der Waals surface area contributed by atoms with Gasteiger partial charge in [-0.1, -0.05) is 36.1 Å². The van der Waals surface area contributed by atoms with Gasteiger partial charge in [0, 0.05) is 17.0 Å². The summed E-state index contributed by atoms with van der Waals surface area (Å²) in [5.41, 5.74) is -0.409. The Morgan fingerprint density at radius 1 is 1.15 bits per heavy atom. The molecule has 11 heteroatoms. The van der Waals surface area contributed by atoms with Gasteiger partial charge in [0.05, 0.1) is 16.8 Å². The van der Waals surface area contributed by atoms with Crippen LogP contribution in [0, 0.1) is 5.82 Å². The van der Waals surface area contributed by atoms with E-state index in [9.17, 15) is 27.2 Å². The van der Waals surface area contributed by atoms with Gasteiger partial charge in [-0.25, -0.2) is 9.18 Å². The molecular weight excluding hydrogens is 492 g/mol. The first-order valence-corrected chi connectivity index (χ1v) is 10.8. The molecule has 0 aliphatic carbocycles. The maximum absolute atomic E-state index is 14.5. The molecule has 5 nitrogen and oxygen atoms in total. The molecule has 2 aromatic carbocycles. The Balaban J connectivity index is 1.79. The number of thiocarbonyl (C=S) groups is 1. The summed E-state index contributed by atoms with van der Waals surface area (Å²) in [5, 5.41) is 9.09. The Morgan fingerprint density at radius 2 is 1.85 bits per heavy atom. The van der Waals surface area contributed by atoms with Crippen LogP contribution in [0.2, 0.25) is 0 Å². The van der Waals surface area contributed by atoms with E-state index in [-0.39, 0.29) is 15.6 Å². The number of hydrogen-bond acceptors (Lipinski definition) is 4. The number of benzene rings is 2. The molecule has 1 heterocycles. The van der Waals surface area contributed by atoms with Gasteiger partial charge in [0.2, 0.25) is 6.41 Å². The molecular formula is C23H16F4N2O3S2. The minimum absolute atomic E-state index is 0.00931. The molecule has 0 radical (unpaired) electrons. The van der Waals surface area contributed by atoms with Crippen LogP contribution in [0.5, 0.6) is 0 Å². The van der Waals surface area contributed by atoms with Gasteiger partial charge < -0.3 is 10.1 Å². The third kappa shape index (κ3) is 5.72. The summed E-state index contributed by atoms with van der Waals surface area (Å²) in [6, 6.07) is 11.5. The number of carbonyl (C=O) groups excluding carboxylic acids is 1. The number of alkyl halides is 3. The highest BCUT2D eigenvalue weighted by Crippen LogP contribution is 2.33. The van der Waals surface area contributed by atoms with E-state index >= 15 is 0 Å². The number of carboxylic acid groups (broad SMARTS) is 1. The number of halogens is 4. The topological polar surface area (TPSA) is 73.4 Å². The molecule has 1 aromatic heterocycles. The first-order valence-electron chi connectivity index (χ1n) is 9.54. The summed E-state index contributed by atoms with van der Waals surface area (Å²) in [7, 11) is 0. The average Bonchev–Trinajstić information content (AvgIpc) is 3.21. The first kappa shape index (κ1) is 25.2. The van der Waals surface area contributed by atoms with Crippen molar-refractivity contribution in [2.45, 2.75) is 13.1 Å². The van der Waals surface area contributed by atoms with Gasteiger partial charge in [-0.15, -0.1) is 0 Å². The minimum Gasteiger partial charge on any atom is -0.478 e. The maximum Gasteiger partial charge on any atom is 0.416 e. The van der Waals surface area contributed by atoms with Gasteiger partial charge in [0.25, 0.3) is 0 Å². The van der Waals surface area contributed by atoms with Crippen molar-refractivity contribution in [2.24, 2.45) is 0 Å². The number of carbonyl (C=O) groups is 2. The number of amides is 1. The van der Waals surface area contributed by atoms with E-state index in [0.717, 1.165) is 34.9 Å². The van der Waals surface area contributed by atoms with Crippen molar-refractivity contribution in [3.05, 3.63) is 82.1 Å². The Bertz CT molecular complexity index is 1290. The van der Waals surface area contributed by atoms with Crippen LogP contribution in [0.1, 0.15) is 28.5 Å². The van der Waals surface area contributed by atoms with Gasteiger partial charge in [-0.05, 0) is 60.4 Å². The number of carboxylic acids is 1. The highest BCUT2D eigenvalue weighted by molar-refractivity contribution is 8.26. The minimum atomic E-state index is -4.57. The molecule has 0 unspecified atom stereocenters. The summed E-state index contributed by atoms with van der Waals surface area (Å²) in [6.45, 7) is 1.68. The van der Waals surface area contributed by atoms with Gasteiger partial charge in [0.1, 0.15) is 5.82 Å². The number of allylic oxidation sites excluding steroid dienone is 1. The second-order valence-electron chi connectivity index (χ2n) is 6.95. The number of H-pyrrole nitrogens is 1. The van der Waals surface area contributed by atoms with Crippen LogP contribution in [0.15, 0.2) is 59.5 Å². The molecule has 0 fully saturated rings. The number of hydrogen-bond donors (Lipinski definition) is 2. The van der Waals surface area contributed by atoms with Gasteiger partial charge >= 0.3 is 12.1 Å². The molecule has 2 N–H and O–H groups in total. The van der Waals surface area contributed by atoms with Crippen LogP contribution in [0.4, 0.5) is 23.2 Å². The molecule has 0 atom stereocenters. The van der Waals surface area contributed by atoms with E-state index < -0.39 is 29.1 Å². The van der Waals surface area contributed by atoms with E-state index in [0.29, 0.717) is 22.7 Å². The lowest BCUT2D eigenvalue weighted by molar-refractivity contribution is -0.137. The van der Waals surface area contributed by atoms with Crippen molar-refractivity contribution in [1.29, 1.82) is 0 Å². The van der Waals surface area contributed by atoms with E-state index in [4.69, 9.17) is 17.3 Å². The van der Waals surface area contributed by atoms with Gasteiger partial charge in [0.15, 0.2) is 4.32 Å². The smallest absolute Gasteiger partial charge is 0.416 e. The zero-order valence-electron chi connectivity index (χ0n) is 17.4. The maximum atomic E-state index is 14.5. The number of thioether (sulfide) groups is 1. The predicted octanol–water partition coefficient (Wildman–Crippen LogP) is 6.58. The van der Waals surface area contributed by atoms with Gasteiger partial charge in [-0.2, -0.15) is 13.2 Å². The zero-order chi connectivity index (χ0) is 25.0. The molecule has 0 spiro atoms. The predicted molar refractivity (Wildman–Crippen MR) is 127 cm³/mol. The molecule has 0 saturated heterocycles. The largest absolute Gasteiger partial charge is 0.478 e. The van der Waals surface area contributed by atoms with E-state index in [1.807, 2.05) is 0 Å². The second-order valence-corrected chi connectivity index (χ2v) is 8.83. The van der Waals surface area contributed by atoms with Crippen molar-refractivity contribution >= 4 is 52.4 Å². The number of nitrogens with one attached hydrogen (secondary N) is 1. The number of aromatic carboxylic acids is 1. The van der Waals surface area contributed by atoms with Gasteiger partial charge in [-0.3, -0.25) is 9.69 Å². The monoisotopic (exact) mass is 508 g/mol. The number of aromatic amines is 1. The van der Waals surface area contributed by atoms with Crippen molar-refractivity contribution in [3.63, 3.8) is 0 Å². The Kier molecular flexibility index (Phi) is 7.57. The second kappa shape index (κ2) is 10.2. The fourth-order valence-electron chi connectivity index (χ4n) is 3.04. The van der Waals surface area contributed by atoms with E-state index in [2.05, 4.69) is 4.98 Å². The van der Waals surface area contributed by atoms with E-state index in [1.165, 1.54) is 24.3 Å². The van der Waals surface area contributed by atoms with Crippen molar-refractivity contribution in [1.82, 2.24) is 4.98 Å². The summed E-state index contributed by atoms with van der Waals surface area (Å²) in [5.74, 6) is -2.25. The van der Waals surface area contributed by atoms with Crippen LogP contribution in [-0.4, -0.2) is 26.8 Å². The quantitative estimate of drug-likeness (QED) is 0.224. The molecule has 3 aromatic rings. The molecule has 0 bridgehead atoms. The molecule has 3 rings (SSSR count). The summed E-state index contributed by atoms with van der Waals surface area (Å²) < 4.78 is 53.5. The van der Waals surface area contributed by atoms with Crippen molar-refractivity contribution in [2.75, 3.05) is 4.90 Å². The third-order valence-corrected chi connectivity index (χ3v) is 5.85. The molecule has 0 aliphatic heterocycles. The number of rotatable bonds is 6. The van der Waals surface area contributed by atoms with E-state index in [1.54, 1.807) is 25.1 Å². The highest BCUT2D eigenvalue weighted by Gasteiger charge is 2.31. The Hall–Kier alpha value is -3.44. The first-order chi connectivity index (χ1) is 16.0. The molecule has 34 heavy (non-hydrogen) atoms. The lowest BCUT2D eigenvalue weighted by Gasteiger charge is -2.19. The molecule has 1 amide bonds.